The molecule has 1 fully saturated rings. The molecule has 1 amide bonds. The molecular formula is C16H23NO2S. The minimum absolute atomic E-state index is 0.0304. The molecule has 0 radical (unpaired) electrons. The Morgan fingerprint density at radius 2 is 2.35 bits per heavy atom. The summed E-state index contributed by atoms with van der Waals surface area (Å²) in [7, 11) is 0. The van der Waals surface area contributed by atoms with Crippen LogP contribution in [0.15, 0.2) is 30.2 Å². The lowest BCUT2D eigenvalue weighted by molar-refractivity contribution is -0.132. The van der Waals surface area contributed by atoms with Crippen molar-refractivity contribution in [1.82, 2.24) is 5.32 Å². The smallest absolute Gasteiger partial charge is 0.249 e. The molecule has 0 aromatic carbocycles. The molecule has 2 atom stereocenters. The zero-order valence-electron chi connectivity index (χ0n) is 12.0. The highest BCUT2D eigenvalue weighted by molar-refractivity contribution is 7.10. The van der Waals surface area contributed by atoms with Crippen LogP contribution in [0.5, 0.6) is 0 Å². The molecule has 2 rings (SSSR count). The maximum Gasteiger partial charge on any atom is 0.249 e. The summed E-state index contributed by atoms with van der Waals surface area (Å²) in [6.45, 7) is 5.80. The number of carbonyl (C=O) groups is 1. The van der Waals surface area contributed by atoms with Crippen molar-refractivity contribution < 1.29 is 9.53 Å². The van der Waals surface area contributed by atoms with Crippen molar-refractivity contribution in [2.24, 2.45) is 5.92 Å². The van der Waals surface area contributed by atoms with Crippen molar-refractivity contribution >= 4 is 17.2 Å². The fourth-order valence-electron chi connectivity index (χ4n) is 2.74. The van der Waals surface area contributed by atoms with E-state index >= 15 is 0 Å². The number of carbonyl (C=O) groups excluding carboxylic acids is 1. The quantitative estimate of drug-likeness (QED) is 0.779. The van der Waals surface area contributed by atoms with E-state index in [1.807, 2.05) is 6.07 Å². The highest BCUT2D eigenvalue weighted by Crippen LogP contribution is 2.37. The SMILES string of the molecule is C=CCO[C@H](C)C(=O)N[C@H](c1cccs1)C1CCCC1. The molecule has 0 unspecified atom stereocenters. The molecule has 1 aromatic heterocycles. The first-order valence-corrected chi connectivity index (χ1v) is 8.16. The second-order valence-electron chi connectivity index (χ2n) is 5.31. The molecule has 1 aromatic rings. The molecule has 0 aliphatic heterocycles. The zero-order valence-corrected chi connectivity index (χ0v) is 12.8. The summed E-state index contributed by atoms with van der Waals surface area (Å²) >= 11 is 1.72. The first kappa shape index (κ1) is 15.3. The highest BCUT2D eigenvalue weighted by atomic mass is 32.1. The monoisotopic (exact) mass is 293 g/mol. The minimum atomic E-state index is -0.433. The Hall–Kier alpha value is -1.13. The van der Waals surface area contributed by atoms with Gasteiger partial charge in [0.2, 0.25) is 5.91 Å². The van der Waals surface area contributed by atoms with Crippen LogP contribution in [0.2, 0.25) is 0 Å². The van der Waals surface area contributed by atoms with Crippen LogP contribution in [-0.2, 0) is 9.53 Å². The van der Waals surface area contributed by atoms with Gasteiger partial charge in [-0.05, 0) is 37.1 Å². The van der Waals surface area contributed by atoms with Crippen LogP contribution < -0.4 is 5.32 Å². The van der Waals surface area contributed by atoms with E-state index in [-0.39, 0.29) is 11.9 Å². The van der Waals surface area contributed by atoms with E-state index in [2.05, 4.69) is 23.3 Å². The van der Waals surface area contributed by atoms with Crippen LogP contribution in [-0.4, -0.2) is 18.6 Å². The Kier molecular flexibility index (Phi) is 5.80. The highest BCUT2D eigenvalue weighted by Gasteiger charge is 2.29. The molecule has 1 heterocycles. The van der Waals surface area contributed by atoms with Gasteiger partial charge in [-0.15, -0.1) is 17.9 Å². The topological polar surface area (TPSA) is 38.3 Å². The van der Waals surface area contributed by atoms with Crippen LogP contribution in [0, 0.1) is 5.92 Å². The maximum atomic E-state index is 12.2. The number of thiophene rings is 1. The van der Waals surface area contributed by atoms with E-state index in [4.69, 9.17) is 4.74 Å². The van der Waals surface area contributed by atoms with Crippen molar-refractivity contribution in [2.75, 3.05) is 6.61 Å². The van der Waals surface area contributed by atoms with Gasteiger partial charge in [-0.2, -0.15) is 0 Å². The Labute approximate surface area is 125 Å². The Balaban J connectivity index is 2.00. The Bertz CT molecular complexity index is 424. The second-order valence-corrected chi connectivity index (χ2v) is 6.29. The Morgan fingerprint density at radius 3 is 2.95 bits per heavy atom. The van der Waals surface area contributed by atoms with E-state index < -0.39 is 6.10 Å². The molecular weight excluding hydrogens is 270 g/mol. The summed E-state index contributed by atoms with van der Waals surface area (Å²) < 4.78 is 5.41. The molecule has 110 valence electrons. The molecule has 3 nitrogen and oxygen atoms in total. The summed E-state index contributed by atoms with van der Waals surface area (Å²) in [5.74, 6) is 0.529. The summed E-state index contributed by atoms with van der Waals surface area (Å²) in [4.78, 5) is 13.5. The zero-order chi connectivity index (χ0) is 14.4. The molecule has 0 bridgehead atoms. The second kappa shape index (κ2) is 7.60. The molecule has 1 N–H and O–H groups in total. The van der Waals surface area contributed by atoms with Gasteiger partial charge in [-0.25, -0.2) is 0 Å². The molecule has 1 saturated carbocycles. The van der Waals surface area contributed by atoms with Gasteiger partial charge in [0, 0.05) is 4.88 Å². The van der Waals surface area contributed by atoms with E-state index in [9.17, 15) is 4.79 Å². The fourth-order valence-corrected chi connectivity index (χ4v) is 3.61. The lowest BCUT2D eigenvalue weighted by Crippen LogP contribution is -2.39. The third-order valence-corrected chi connectivity index (χ3v) is 4.81. The van der Waals surface area contributed by atoms with Crippen LogP contribution in [0.25, 0.3) is 0 Å². The van der Waals surface area contributed by atoms with E-state index in [1.54, 1.807) is 24.3 Å². The van der Waals surface area contributed by atoms with Gasteiger partial charge in [0.1, 0.15) is 6.10 Å². The van der Waals surface area contributed by atoms with Crippen molar-refractivity contribution in [3.05, 3.63) is 35.0 Å². The Morgan fingerprint density at radius 1 is 1.60 bits per heavy atom. The molecule has 1 aliphatic rings. The van der Waals surface area contributed by atoms with E-state index in [0.29, 0.717) is 12.5 Å². The van der Waals surface area contributed by atoms with Crippen molar-refractivity contribution in [3.8, 4) is 0 Å². The number of nitrogens with one attached hydrogen (secondary N) is 1. The van der Waals surface area contributed by atoms with Gasteiger partial charge < -0.3 is 10.1 Å². The van der Waals surface area contributed by atoms with Gasteiger partial charge in [0.05, 0.1) is 12.6 Å². The molecule has 0 spiro atoms. The van der Waals surface area contributed by atoms with Crippen LogP contribution in [0.4, 0.5) is 0 Å². The average molecular weight is 293 g/mol. The molecule has 20 heavy (non-hydrogen) atoms. The normalized spacial score (nSPS) is 18.6. The van der Waals surface area contributed by atoms with Gasteiger partial charge in [0.25, 0.3) is 0 Å². The molecule has 1 aliphatic carbocycles. The van der Waals surface area contributed by atoms with Crippen molar-refractivity contribution in [3.63, 3.8) is 0 Å². The number of rotatable bonds is 7. The van der Waals surface area contributed by atoms with Gasteiger partial charge in [-0.3, -0.25) is 4.79 Å². The largest absolute Gasteiger partial charge is 0.365 e. The predicted octanol–water partition coefficient (Wildman–Crippen LogP) is 3.69. The maximum absolute atomic E-state index is 12.2. The van der Waals surface area contributed by atoms with Gasteiger partial charge in [-0.1, -0.05) is 25.0 Å². The summed E-state index contributed by atoms with van der Waals surface area (Å²) in [5.41, 5.74) is 0. The first-order valence-electron chi connectivity index (χ1n) is 7.28. The van der Waals surface area contributed by atoms with Crippen molar-refractivity contribution in [1.29, 1.82) is 0 Å². The predicted molar refractivity (Wildman–Crippen MR) is 82.8 cm³/mol. The van der Waals surface area contributed by atoms with E-state index in [0.717, 1.165) is 0 Å². The lowest BCUT2D eigenvalue weighted by atomic mass is 9.96. The summed E-state index contributed by atoms with van der Waals surface area (Å²) in [6.07, 6.45) is 6.17. The van der Waals surface area contributed by atoms with Gasteiger partial charge >= 0.3 is 0 Å². The third kappa shape index (κ3) is 3.93. The van der Waals surface area contributed by atoms with Crippen LogP contribution in [0.1, 0.15) is 43.5 Å². The number of amides is 1. The number of hydrogen-bond acceptors (Lipinski definition) is 3. The number of hydrogen-bond donors (Lipinski definition) is 1. The van der Waals surface area contributed by atoms with Crippen molar-refractivity contribution in [2.45, 2.75) is 44.8 Å². The average Bonchev–Trinajstić information content (AvgIpc) is 3.14. The third-order valence-electron chi connectivity index (χ3n) is 3.85. The van der Waals surface area contributed by atoms with E-state index in [1.165, 1.54) is 30.6 Å². The number of ether oxygens (including phenoxy) is 1. The van der Waals surface area contributed by atoms with Gasteiger partial charge in [0.15, 0.2) is 0 Å². The first-order chi connectivity index (χ1) is 9.72. The van der Waals surface area contributed by atoms with Crippen LogP contribution >= 0.6 is 11.3 Å². The fraction of sp³-hybridized carbons (Fsp3) is 0.562. The minimum Gasteiger partial charge on any atom is -0.365 e. The lowest BCUT2D eigenvalue weighted by Gasteiger charge is -2.25. The molecule has 0 saturated heterocycles. The summed E-state index contributed by atoms with van der Waals surface area (Å²) in [6, 6.07) is 4.30. The molecule has 4 heteroatoms. The van der Waals surface area contributed by atoms with Crippen LogP contribution in [0.3, 0.4) is 0 Å². The standard InChI is InChI=1S/C16H23NO2S/c1-3-10-19-12(2)16(18)17-15(13-7-4-5-8-13)14-9-6-11-20-14/h3,6,9,11-13,15H,1,4-5,7-8,10H2,2H3,(H,17,18)/t12-,15+/m1/s1. The summed E-state index contributed by atoms with van der Waals surface area (Å²) in [5, 5.41) is 5.25.